The van der Waals surface area contributed by atoms with Crippen LogP contribution in [0.25, 0.3) is 0 Å². The summed E-state index contributed by atoms with van der Waals surface area (Å²) in [4.78, 5) is 26.3. The molecule has 2 fully saturated rings. The molecule has 2 amide bonds. The van der Waals surface area contributed by atoms with Gasteiger partial charge in [0.1, 0.15) is 0 Å². The maximum atomic E-state index is 12.5. The maximum Gasteiger partial charge on any atom is 0.222 e. The van der Waals surface area contributed by atoms with E-state index in [1.54, 1.807) is 0 Å². The van der Waals surface area contributed by atoms with Crippen LogP contribution in [-0.4, -0.2) is 35.8 Å². The van der Waals surface area contributed by atoms with E-state index in [-0.39, 0.29) is 42.2 Å². The number of hydrogen-bond acceptors (Lipinski definition) is 3. The van der Waals surface area contributed by atoms with Crippen LogP contribution < -0.4 is 11.1 Å². The van der Waals surface area contributed by atoms with Gasteiger partial charge in [-0.1, -0.05) is 36.8 Å². The Morgan fingerprint density at radius 3 is 2.60 bits per heavy atom. The molecular weight excluding hydrogens is 338 g/mol. The van der Waals surface area contributed by atoms with Crippen molar-refractivity contribution in [2.75, 3.05) is 13.1 Å². The summed E-state index contributed by atoms with van der Waals surface area (Å²) in [6.07, 6.45) is 5.18. The molecule has 138 valence electrons. The van der Waals surface area contributed by atoms with Gasteiger partial charge in [0.05, 0.1) is 6.04 Å². The van der Waals surface area contributed by atoms with Crippen molar-refractivity contribution < 1.29 is 9.59 Å². The zero-order valence-electron chi connectivity index (χ0n) is 14.5. The molecule has 3 rings (SSSR count). The van der Waals surface area contributed by atoms with E-state index in [4.69, 9.17) is 5.73 Å². The van der Waals surface area contributed by atoms with Gasteiger partial charge in [0, 0.05) is 32.0 Å². The van der Waals surface area contributed by atoms with E-state index < -0.39 is 0 Å². The lowest BCUT2D eigenvalue weighted by molar-refractivity contribution is -0.129. The molecular formula is C19H28ClN3O2. The summed E-state index contributed by atoms with van der Waals surface area (Å²) in [7, 11) is 0. The second kappa shape index (κ2) is 9.20. The van der Waals surface area contributed by atoms with Crippen LogP contribution in [0.5, 0.6) is 0 Å². The van der Waals surface area contributed by atoms with Crippen molar-refractivity contribution >= 4 is 24.2 Å². The highest BCUT2D eigenvalue weighted by molar-refractivity contribution is 5.85. The van der Waals surface area contributed by atoms with Crippen LogP contribution in [0.1, 0.15) is 50.1 Å². The van der Waals surface area contributed by atoms with E-state index in [9.17, 15) is 9.59 Å². The molecule has 1 unspecified atom stereocenters. The lowest BCUT2D eigenvalue weighted by Crippen LogP contribution is -2.40. The number of hydrogen-bond donors (Lipinski definition) is 2. The molecule has 0 bridgehead atoms. The van der Waals surface area contributed by atoms with Gasteiger partial charge in [-0.2, -0.15) is 0 Å². The molecule has 0 aromatic heterocycles. The average Bonchev–Trinajstić information content (AvgIpc) is 3.17. The van der Waals surface area contributed by atoms with E-state index in [2.05, 4.69) is 5.32 Å². The topological polar surface area (TPSA) is 75.4 Å². The van der Waals surface area contributed by atoms with Gasteiger partial charge < -0.3 is 16.0 Å². The molecule has 0 radical (unpaired) electrons. The minimum absolute atomic E-state index is 0. The van der Waals surface area contributed by atoms with Crippen LogP contribution in [0.15, 0.2) is 30.3 Å². The van der Waals surface area contributed by atoms with Crippen molar-refractivity contribution in [3.8, 4) is 0 Å². The zero-order chi connectivity index (χ0) is 16.9. The van der Waals surface area contributed by atoms with Crippen LogP contribution in [0.4, 0.5) is 0 Å². The molecule has 3 atom stereocenters. The predicted octanol–water partition coefficient (Wildman–Crippen LogP) is 2.41. The molecule has 1 aromatic rings. The smallest absolute Gasteiger partial charge is 0.222 e. The minimum atomic E-state index is -0.154. The van der Waals surface area contributed by atoms with E-state index in [0.29, 0.717) is 19.4 Å². The number of halogens is 1. The molecule has 2 aliphatic rings. The number of carbonyl (C=O) groups is 2. The molecule has 6 heteroatoms. The highest BCUT2D eigenvalue weighted by Gasteiger charge is 2.29. The van der Waals surface area contributed by atoms with Gasteiger partial charge in [-0.15, -0.1) is 12.4 Å². The third kappa shape index (κ3) is 5.19. The van der Waals surface area contributed by atoms with E-state index in [1.807, 2.05) is 35.2 Å². The Bertz CT molecular complexity index is 581. The Morgan fingerprint density at radius 1 is 1.24 bits per heavy atom. The fraction of sp³-hybridized carbons (Fsp3) is 0.579. The average molecular weight is 366 g/mol. The third-order valence-corrected chi connectivity index (χ3v) is 5.28. The monoisotopic (exact) mass is 365 g/mol. The Labute approximate surface area is 155 Å². The molecule has 1 aromatic carbocycles. The molecule has 0 spiro atoms. The lowest BCUT2D eigenvalue weighted by Gasteiger charge is -2.26. The molecule has 5 nitrogen and oxygen atoms in total. The van der Waals surface area contributed by atoms with E-state index in [1.165, 1.54) is 0 Å². The molecule has 25 heavy (non-hydrogen) atoms. The summed E-state index contributed by atoms with van der Waals surface area (Å²) >= 11 is 0. The molecule has 3 N–H and O–H groups in total. The molecule has 1 heterocycles. The lowest BCUT2D eigenvalue weighted by atomic mass is 9.99. The highest BCUT2D eigenvalue weighted by atomic mass is 35.5. The van der Waals surface area contributed by atoms with Crippen LogP contribution >= 0.6 is 12.4 Å². The Balaban J connectivity index is 0.00000225. The summed E-state index contributed by atoms with van der Waals surface area (Å²) in [5.74, 6) is 0.510. The Kier molecular flexibility index (Phi) is 7.26. The number of amides is 2. The SMILES string of the molecule is Cl.N[C@@H]1CCC[C@H]1CC(=O)NC(CN1CCCC1=O)c1ccccc1. The number of nitrogens with two attached hydrogens (primary N) is 1. The zero-order valence-corrected chi connectivity index (χ0v) is 15.3. The first-order valence-electron chi connectivity index (χ1n) is 9.01. The van der Waals surface area contributed by atoms with Crippen molar-refractivity contribution in [3.63, 3.8) is 0 Å². The third-order valence-electron chi connectivity index (χ3n) is 5.28. The van der Waals surface area contributed by atoms with Crippen LogP contribution in [0.2, 0.25) is 0 Å². The predicted molar refractivity (Wildman–Crippen MR) is 100 cm³/mol. The van der Waals surface area contributed by atoms with Crippen LogP contribution in [0, 0.1) is 5.92 Å². The van der Waals surface area contributed by atoms with E-state index in [0.717, 1.165) is 37.8 Å². The van der Waals surface area contributed by atoms with Crippen LogP contribution in [-0.2, 0) is 9.59 Å². The highest BCUT2D eigenvalue weighted by Crippen LogP contribution is 2.27. The summed E-state index contributed by atoms with van der Waals surface area (Å²) in [6, 6.07) is 9.89. The summed E-state index contributed by atoms with van der Waals surface area (Å²) in [5, 5.41) is 3.14. The fourth-order valence-corrected chi connectivity index (χ4v) is 3.85. The first-order chi connectivity index (χ1) is 11.6. The number of nitrogens with zero attached hydrogens (tertiary/aromatic N) is 1. The molecule has 1 aliphatic heterocycles. The molecule has 1 aliphatic carbocycles. The quantitative estimate of drug-likeness (QED) is 0.812. The normalized spacial score (nSPS) is 24.0. The fourth-order valence-electron chi connectivity index (χ4n) is 3.85. The Morgan fingerprint density at radius 2 is 2.00 bits per heavy atom. The minimum Gasteiger partial charge on any atom is -0.347 e. The first kappa shape index (κ1) is 19.7. The number of likely N-dealkylation sites (tertiary alicyclic amines) is 1. The number of carbonyl (C=O) groups excluding carboxylic acids is 2. The standard InChI is InChI=1S/C19H27N3O2.ClH/c20-16-9-4-8-15(16)12-18(23)21-17(14-6-2-1-3-7-14)13-22-11-5-10-19(22)24;/h1-3,6-7,15-17H,4-5,8-13,20H2,(H,21,23);1H/t15-,16+,17?;/m0./s1. The summed E-state index contributed by atoms with van der Waals surface area (Å²) in [6.45, 7) is 1.33. The van der Waals surface area contributed by atoms with Gasteiger partial charge in [-0.05, 0) is 30.7 Å². The number of rotatable bonds is 6. The van der Waals surface area contributed by atoms with Gasteiger partial charge in [0.25, 0.3) is 0 Å². The molecule has 1 saturated heterocycles. The van der Waals surface area contributed by atoms with E-state index >= 15 is 0 Å². The van der Waals surface area contributed by atoms with Crippen molar-refractivity contribution in [3.05, 3.63) is 35.9 Å². The van der Waals surface area contributed by atoms with Gasteiger partial charge in [-0.3, -0.25) is 9.59 Å². The van der Waals surface area contributed by atoms with Crippen molar-refractivity contribution in [2.45, 2.75) is 50.6 Å². The van der Waals surface area contributed by atoms with Gasteiger partial charge >= 0.3 is 0 Å². The van der Waals surface area contributed by atoms with Crippen molar-refractivity contribution in [1.29, 1.82) is 0 Å². The second-order valence-corrected chi connectivity index (χ2v) is 7.03. The maximum absolute atomic E-state index is 12.5. The number of nitrogens with one attached hydrogen (secondary N) is 1. The molecule has 1 saturated carbocycles. The largest absolute Gasteiger partial charge is 0.347 e. The summed E-state index contributed by atoms with van der Waals surface area (Å²) in [5.41, 5.74) is 7.13. The second-order valence-electron chi connectivity index (χ2n) is 7.03. The van der Waals surface area contributed by atoms with Gasteiger partial charge in [0.2, 0.25) is 11.8 Å². The summed E-state index contributed by atoms with van der Waals surface area (Å²) < 4.78 is 0. The van der Waals surface area contributed by atoms with Gasteiger partial charge in [-0.25, -0.2) is 0 Å². The van der Waals surface area contributed by atoms with Gasteiger partial charge in [0.15, 0.2) is 0 Å². The first-order valence-corrected chi connectivity index (χ1v) is 9.01. The van der Waals surface area contributed by atoms with Crippen molar-refractivity contribution in [2.24, 2.45) is 11.7 Å². The van der Waals surface area contributed by atoms with Crippen LogP contribution in [0.3, 0.4) is 0 Å². The van der Waals surface area contributed by atoms with Crippen molar-refractivity contribution in [1.82, 2.24) is 10.2 Å². The Hall–Kier alpha value is -1.59. The number of benzene rings is 1.